The van der Waals surface area contributed by atoms with Crippen molar-refractivity contribution in [1.29, 1.82) is 0 Å². The fourth-order valence-corrected chi connectivity index (χ4v) is 4.47. The van der Waals surface area contributed by atoms with E-state index in [4.69, 9.17) is 11.6 Å². The maximum absolute atomic E-state index is 13.0. The fraction of sp³-hybridized carbons (Fsp3) is 0.370. The Kier molecular flexibility index (Phi) is 6.06. The molecule has 2 aromatic heterocycles. The summed E-state index contributed by atoms with van der Waals surface area (Å²) in [6, 6.07) is 11.3. The highest BCUT2D eigenvalue weighted by atomic mass is 35.5. The molecule has 1 N–H and O–H groups in total. The number of benzene rings is 1. The molecule has 6 heteroatoms. The summed E-state index contributed by atoms with van der Waals surface area (Å²) < 4.78 is 0. The van der Waals surface area contributed by atoms with Gasteiger partial charge in [0.25, 0.3) is 5.91 Å². The van der Waals surface area contributed by atoms with Gasteiger partial charge in [-0.05, 0) is 56.2 Å². The smallest absolute Gasteiger partial charge is 0.254 e. The van der Waals surface area contributed by atoms with Gasteiger partial charge >= 0.3 is 0 Å². The van der Waals surface area contributed by atoms with Gasteiger partial charge in [-0.1, -0.05) is 38.4 Å². The number of pyridine rings is 2. The molecule has 172 valence electrons. The molecule has 1 aliphatic rings. The molecule has 4 rings (SSSR count). The predicted molar refractivity (Wildman–Crippen MR) is 132 cm³/mol. The predicted octanol–water partition coefficient (Wildman–Crippen LogP) is 5.75. The van der Waals surface area contributed by atoms with E-state index in [0.29, 0.717) is 17.1 Å². The lowest BCUT2D eigenvalue weighted by molar-refractivity contribution is -0.0550. The molecule has 0 spiro atoms. The number of rotatable bonds is 4. The zero-order valence-electron chi connectivity index (χ0n) is 19.8. The van der Waals surface area contributed by atoms with Gasteiger partial charge in [-0.2, -0.15) is 0 Å². The number of likely N-dealkylation sites (tertiary alicyclic amines) is 1. The molecule has 0 radical (unpaired) electrons. The van der Waals surface area contributed by atoms with E-state index in [2.05, 4.69) is 42.9 Å². The molecular weight excluding hydrogens is 434 g/mol. The molecule has 3 heterocycles. The first kappa shape index (κ1) is 23.4. The van der Waals surface area contributed by atoms with Crippen molar-refractivity contribution in [2.45, 2.75) is 58.1 Å². The third-order valence-corrected chi connectivity index (χ3v) is 6.54. The van der Waals surface area contributed by atoms with Gasteiger partial charge in [0, 0.05) is 63.5 Å². The second kappa shape index (κ2) is 8.54. The van der Waals surface area contributed by atoms with Crippen LogP contribution in [0.2, 0.25) is 5.02 Å². The average Bonchev–Trinajstić information content (AvgIpc) is 2.71. The number of hydrogen-bond donors (Lipinski definition) is 1. The molecule has 33 heavy (non-hydrogen) atoms. The van der Waals surface area contributed by atoms with Crippen molar-refractivity contribution in [3.05, 3.63) is 71.3 Å². The first-order valence-corrected chi connectivity index (χ1v) is 11.6. The maximum Gasteiger partial charge on any atom is 0.254 e. The van der Waals surface area contributed by atoms with Gasteiger partial charge in [-0.15, -0.1) is 0 Å². The number of halogens is 1. The summed E-state index contributed by atoms with van der Waals surface area (Å²) in [5.74, 6) is -0.111. The first-order chi connectivity index (χ1) is 15.4. The van der Waals surface area contributed by atoms with Gasteiger partial charge in [-0.3, -0.25) is 14.8 Å². The van der Waals surface area contributed by atoms with Gasteiger partial charge in [0.2, 0.25) is 0 Å². The molecule has 3 aromatic rings. The first-order valence-electron chi connectivity index (χ1n) is 11.2. The van der Waals surface area contributed by atoms with Crippen LogP contribution < -0.4 is 0 Å². The highest BCUT2D eigenvalue weighted by molar-refractivity contribution is 6.33. The van der Waals surface area contributed by atoms with Crippen LogP contribution in [-0.2, 0) is 5.41 Å². The second-order valence-electron chi connectivity index (χ2n) is 10.3. The monoisotopic (exact) mass is 463 g/mol. The Morgan fingerprint density at radius 1 is 1.03 bits per heavy atom. The van der Waals surface area contributed by atoms with Crippen LogP contribution in [-0.4, -0.2) is 44.1 Å². The minimum Gasteiger partial charge on any atom is -0.388 e. The molecule has 0 saturated carbocycles. The van der Waals surface area contributed by atoms with Crippen molar-refractivity contribution in [2.24, 2.45) is 0 Å². The van der Waals surface area contributed by atoms with Crippen molar-refractivity contribution in [3.8, 4) is 22.3 Å². The summed E-state index contributed by atoms with van der Waals surface area (Å²) >= 11 is 6.63. The lowest BCUT2D eigenvalue weighted by atomic mass is 9.87. The summed E-state index contributed by atoms with van der Waals surface area (Å²) in [6.07, 6.45) is 6.23. The number of hydrogen-bond acceptors (Lipinski definition) is 4. The average molecular weight is 464 g/mol. The van der Waals surface area contributed by atoms with E-state index in [0.717, 1.165) is 34.4 Å². The van der Waals surface area contributed by atoms with E-state index in [1.54, 1.807) is 37.1 Å². The standard InChI is InChI=1S/C27H30ClN3O2/c1-26(2,3)23-14-17(8-10-30-23)19-12-20(16-29-15-19)21-7-6-18(13-22(21)28)25(32)31-11-9-24(31)27(4,5)33/h6-8,10,12-16,24,33H,9,11H2,1-5H3. The molecule has 1 atom stereocenters. The molecular formula is C27H30ClN3O2. The Balaban J connectivity index is 1.62. The largest absolute Gasteiger partial charge is 0.388 e. The van der Waals surface area contributed by atoms with Crippen molar-refractivity contribution in [1.82, 2.24) is 14.9 Å². The van der Waals surface area contributed by atoms with E-state index < -0.39 is 5.60 Å². The summed E-state index contributed by atoms with van der Waals surface area (Å²) in [5, 5.41) is 10.8. The Hall–Kier alpha value is -2.76. The number of amides is 1. The Morgan fingerprint density at radius 3 is 2.36 bits per heavy atom. The topological polar surface area (TPSA) is 66.3 Å². The molecule has 1 fully saturated rings. The van der Waals surface area contributed by atoms with E-state index >= 15 is 0 Å². The molecule has 1 amide bonds. The van der Waals surface area contributed by atoms with E-state index in [1.165, 1.54) is 0 Å². The van der Waals surface area contributed by atoms with Gasteiger partial charge < -0.3 is 10.0 Å². The number of carbonyl (C=O) groups excluding carboxylic acids is 1. The van der Waals surface area contributed by atoms with Gasteiger partial charge in [0.1, 0.15) is 0 Å². The molecule has 1 unspecified atom stereocenters. The summed E-state index contributed by atoms with van der Waals surface area (Å²) in [6.45, 7) is 10.5. The molecule has 1 saturated heterocycles. The SMILES string of the molecule is CC(C)(C)c1cc(-c2cncc(-c3ccc(C(=O)N4CCC4C(C)(C)O)cc3Cl)c2)ccn1. The van der Waals surface area contributed by atoms with Crippen LogP contribution in [0.15, 0.2) is 55.0 Å². The summed E-state index contributed by atoms with van der Waals surface area (Å²) in [5.41, 5.74) is 4.27. The molecule has 5 nitrogen and oxygen atoms in total. The zero-order chi connectivity index (χ0) is 24.0. The lowest BCUT2D eigenvalue weighted by Crippen LogP contribution is -2.60. The van der Waals surface area contributed by atoms with Crippen molar-refractivity contribution >= 4 is 17.5 Å². The van der Waals surface area contributed by atoms with Crippen LogP contribution in [0.4, 0.5) is 0 Å². The third-order valence-electron chi connectivity index (χ3n) is 6.22. The van der Waals surface area contributed by atoms with E-state index in [9.17, 15) is 9.90 Å². The quantitative estimate of drug-likeness (QED) is 0.535. The molecule has 1 aromatic carbocycles. The highest BCUT2D eigenvalue weighted by Crippen LogP contribution is 2.34. The number of aromatic nitrogens is 2. The lowest BCUT2D eigenvalue weighted by Gasteiger charge is -2.47. The van der Waals surface area contributed by atoms with Crippen LogP contribution in [0.5, 0.6) is 0 Å². The van der Waals surface area contributed by atoms with Gasteiger partial charge in [0.15, 0.2) is 0 Å². The molecule has 0 aliphatic carbocycles. The Morgan fingerprint density at radius 2 is 1.76 bits per heavy atom. The molecule has 0 bridgehead atoms. The zero-order valence-corrected chi connectivity index (χ0v) is 20.5. The Bertz CT molecular complexity index is 1190. The van der Waals surface area contributed by atoms with Crippen molar-refractivity contribution in [2.75, 3.05) is 6.54 Å². The van der Waals surface area contributed by atoms with Crippen molar-refractivity contribution in [3.63, 3.8) is 0 Å². The summed E-state index contributed by atoms with van der Waals surface area (Å²) in [4.78, 5) is 23.6. The summed E-state index contributed by atoms with van der Waals surface area (Å²) in [7, 11) is 0. The van der Waals surface area contributed by atoms with Crippen LogP contribution in [0, 0.1) is 0 Å². The second-order valence-corrected chi connectivity index (χ2v) is 10.7. The number of aliphatic hydroxyl groups is 1. The van der Waals surface area contributed by atoms with Gasteiger partial charge in [-0.25, -0.2) is 0 Å². The highest BCUT2D eigenvalue weighted by Gasteiger charge is 2.41. The third kappa shape index (κ3) is 4.80. The van der Waals surface area contributed by atoms with Crippen LogP contribution in [0.1, 0.15) is 57.1 Å². The minimum atomic E-state index is -0.927. The number of carbonyl (C=O) groups is 1. The van der Waals surface area contributed by atoms with E-state index in [-0.39, 0.29) is 17.4 Å². The van der Waals surface area contributed by atoms with Gasteiger partial charge in [0.05, 0.1) is 11.6 Å². The Labute approximate surface area is 200 Å². The van der Waals surface area contributed by atoms with Crippen LogP contribution in [0.25, 0.3) is 22.3 Å². The van der Waals surface area contributed by atoms with Crippen LogP contribution >= 0.6 is 11.6 Å². The minimum absolute atomic E-state index is 0.0482. The normalized spacial score (nSPS) is 16.5. The van der Waals surface area contributed by atoms with Crippen LogP contribution in [0.3, 0.4) is 0 Å². The maximum atomic E-state index is 13.0. The van der Waals surface area contributed by atoms with Crippen molar-refractivity contribution < 1.29 is 9.90 Å². The molecule has 1 aliphatic heterocycles. The van der Waals surface area contributed by atoms with E-state index in [1.807, 2.05) is 24.5 Å². The number of nitrogens with zero attached hydrogens (tertiary/aromatic N) is 3. The fourth-order valence-electron chi connectivity index (χ4n) is 4.18.